The van der Waals surface area contributed by atoms with Crippen LogP contribution in [0.2, 0.25) is 0 Å². The minimum absolute atomic E-state index is 0.540. The quantitative estimate of drug-likeness (QED) is 0.837. The molecule has 0 radical (unpaired) electrons. The molecule has 90 valence electrons. The molecule has 0 aromatic carbocycles. The Hall–Kier alpha value is -0.420. The number of rotatable bonds is 5. The third-order valence-electron chi connectivity index (χ3n) is 3.01. The lowest BCUT2D eigenvalue weighted by Crippen LogP contribution is -2.50. The zero-order valence-corrected chi connectivity index (χ0v) is 10.6. The van der Waals surface area contributed by atoms with E-state index in [-0.39, 0.29) is 0 Å². The zero-order chi connectivity index (χ0) is 11.2. The third kappa shape index (κ3) is 3.28. The van der Waals surface area contributed by atoms with Crippen molar-refractivity contribution in [2.24, 2.45) is 0 Å². The number of ether oxygens (including phenoxy) is 1. The summed E-state index contributed by atoms with van der Waals surface area (Å²) in [5.41, 5.74) is 0. The molecule has 1 aliphatic rings. The number of hydrogen-bond acceptors (Lipinski definition) is 4. The van der Waals surface area contributed by atoms with Crippen molar-refractivity contribution in [3.8, 4) is 0 Å². The van der Waals surface area contributed by atoms with E-state index < -0.39 is 0 Å². The van der Waals surface area contributed by atoms with Gasteiger partial charge in [-0.3, -0.25) is 4.90 Å². The SMILES string of the molecule is CNCC1COCCN1CCc1cccs1. The van der Waals surface area contributed by atoms with Gasteiger partial charge in [-0.1, -0.05) is 6.07 Å². The second kappa shape index (κ2) is 6.35. The summed E-state index contributed by atoms with van der Waals surface area (Å²) in [6.07, 6.45) is 1.16. The highest BCUT2D eigenvalue weighted by atomic mass is 32.1. The summed E-state index contributed by atoms with van der Waals surface area (Å²) in [6.45, 7) is 4.98. The van der Waals surface area contributed by atoms with Crippen LogP contribution in [0.1, 0.15) is 4.88 Å². The number of thiophene rings is 1. The van der Waals surface area contributed by atoms with Crippen molar-refractivity contribution in [1.29, 1.82) is 0 Å². The van der Waals surface area contributed by atoms with Gasteiger partial charge in [-0.25, -0.2) is 0 Å². The van der Waals surface area contributed by atoms with Gasteiger partial charge in [0.2, 0.25) is 0 Å². The van der Waals surface area contributed by atoms with Crippen LogP contribution in [-0.4, -0.2) is 50.8 Å². The maximum atomic E-state index is 5.52. The number of nitrogens with zero attached hydrogens (tertiary/aromatic N) is 1. The van der Waals surface area contributed by atoms with Crippen molar-refractivity contribution >= 4 is 11.3 Å². The molecule has 1 aromatic rings. The Morgan fingerprint density at radius 1 is 1.62 bits per heavy atom. The predicted molar refractivity (Wildman–Crippen MR) is 68.1 cm³/mol. The molecular weight excluding hydrogens is 220 g/mol. The predicted octanol–water partition coefficient (Wildman–Crippen LogP) is 1.21. The molecule has 1 aliphatic heterocycles. The molecule has 1 N–H and O–H groups in total. The molecule has 2 rings (SSSR count). The Kier molecular flexibility index (Phi) is 4.78. The van der Waals surface area contributed by atoms with E-state index in [1.54, 1.807) is 0 Å². The molecule has 1 atom stereocenters. The van der Waals surface area contributed by atoms with E-state index in [0.29, 0.717) is 6.04 Å². The molecule has 0 saturated carbocycles. The zero-order valence-electron chi connectivity index (χ0n) is 9.82. The van der Waals surface area contributed by atoms with Crippen LogP contribution in [0.25, 0.3) is 0 Å². The molecule has 2 heterocycles. The molecule has 1 fully saturated rings. The standard InChI is InChI=1S/C12H20N2OS/c1-13-9-11-10-15-7-6-14(11)5-4-12-3-2-8-16-12/h2-3,8,11,13H,4-7,9-10H2,1H3. The van der Waals surface area contributed by atoms with Gasteiger partial charge in [-0.05, 0) is 24.9 Å². The first kappa shape index (κ1) is 12.0. The molecule has 4 heteroatoms. The maximum absolute atomic E-state index is 5.52. The van der Waals surface area contributed by atoms with Gasteiger partial charge in [0.15, 0.2) is 0 Å². The van der Waals surface area contributed by atoms with Gasteiger partial charge in [0, 0.05) is 30.6 Å². The molecule has 0 aliphatic carbocycles. The summed E-state index contributed by atoms with van der Waals surface area (Å²) in [5, 5.41) is 5.39. The van der Waals surface area contributed by atoms with Crippen molar-refractivity contribution < 1.29 is 4.74 Å². The molecule has 1 aromatic heterocycles. The first-order valence-electron chi connectivity index (χ1n) is 5.89. The fourth-order valence-corrected chi connectivity index (χ4v) is 2.81. The third-order valence-corrected chi connectivity index (χ3v) is 3.95. The minimum atomic E-state index is 0.540. The lowest BCUT2D eigenvalue weighted by atomic mass is 10.2. The van der Waals surface area contributed by atoms with Crippen LogP contribution in [0.3, 0.4) is 0 Å². The fourth-order valence-electron chi connectivity index (χ4n) is 2.12. The summed E-state index contributed by atoms with van der Waals surface area (Å²) < 4.78 is 5.52. The first-order chi connectivity index (χ1) is 7.90. The molecular formula is C12H20N2OS. The van der Waals surface area contributed by atoms with E-state index in [1.165, 1.54) is 4.88 Å². The second-order valence-corrected chi connectivity index (χ2v) is 5.18. The summed E-state index contributed by atoms with van der Waals surface area (Å²) in [5.74, 6) is 0. The van der Waals surface area contributed by atoms with E-state index in [9.17, 15) is 0 Å². The van der Waals surface area contributed by atoms with Crippen molar-refractivity contribution in [2.75, 3.05) is 39.9 Å². The van der Waals surface area contributed by atoms with E-state index >= 15 is 0 Å². The summed E-state index contributed by atoms with van der Waals surface area (Å²) >= 11 is 1.85. The van der Waals surface area contributed by atoms with Gasteiger partial charge in [-0.15, -0.1) is 11.3 Å². The molecule has 0 bridgehead atoms. The Bertz CT molecular complexity index is 287. The number of hydrogen-bond donors (Lipinski definition) is 1. The summed E-state index contributed by atoms with van der Waals surface area (Å²) in [7, 11) is 2.01. The Morgan fingerprint density at radius 2 is 2.56 bits per heavy atom. The van der Waals surface area contributed by atoms with Crippen molar-refractivity contribution in [3.05, 3.63) is 22.4 Å². The Morgan fingerprint density at radius 3 is 3.31 bits per heavy atom. The molecule has 16 heavy (non-hydrogen) atoms. The van der Waals surface area contributed by atoms with E-state index in [0.717, 1.165) is 39.3 Å². The summed E-state index contributed by atoms with van der Waals surface area (Å²) in [6, 6.07) is 4.89. The van der Waals surface area contributed by atoms with Gasteiger partial charge in [0.1, 0.15) is 0 Å². The smallest absolute Gasteiger partial charge is 0.0634 e. The van der Waals surface area contributed by atoms with Crippen LogP contribution in [-0.2, 0) is 11.2 Å². The van der Waals surface area contributed by atoms with Crippen molar-refractivity contribution in [1.82, 2.24) is 10.2 Å². The van der Waals surface area contributed by atoms with Gasteiger partial charge in [-0.2, -0.15) is 0 Å². The fraction of sp³-hybridized carbons (Fsp3) is 0.667. The van der Waals surface area contributed by atoms with Crippen LogP contribution in [0, 0.1) is 0 Å². The first-order valence-corrected chi connectivity index (χ1v) is 6.77. The number of morpholine rings is 1. The largest absolute Gasteiger partial charge is 0.378 e. The van der Waals surface area contributed by atoms with Gasteiger partial charge < -0.3 is 10.1 Å². The van der Waals surface area contributed by atoms with Crippen LogP contribution < -0.4 is 5.32 Å². The van der Waals surface area contributed by atoms with Crippen molar-refractivity contribution in [3.63, 3.8) is 0 Å². The molecule has 1 saturated heterocycles. The minimum Gasteiger partial charge on any atom is -0.378 e. The Balaban J connectivity index is 1.81. The highest BCUT2D eigenvalue weighted by molar-refractivity contribution is 7.09. The van der Waals surface area contributed by atoms with Crippen LogP contribution >= 0.6 is 11.3 Å². The highest BCUT2D eigenvalue weighted by Crippen LogP contribution is 2.12. The van der Waals surface area contributed by atoms with Crippen LogP contribution in [0.15, 0.2) is 17.5 Å². The van der Waals surface area contributed by atoms with Crippen LogP contribution in [0.4, 0.5) is 0 Å². The second-order valence-electron chi connectivity index (χ2n) is 4.15. The van der Waals surface area contributed by atoms with Gasteiger partial charge >= 0.3 is 0 Å². The topological polar surface area (TPSA) is 24.5 Å². The summed E-state index contributed by atoms with van der Waals surface area (Å²) in [4.78, 5) is 4.02. The lowest BCUT2D eigenvalue weighted by Gasteiger charge is -2.35. The van der Waals surface area contributed by atoms with E-state index in [1.807, 2.05) is 18.4 Å². The normalized spacial score (nSPS) is 22.4. The van der Waals surface area contributed by atoms with E-state index in [2.05, 4.69) is 27.7 Å². The van der Waals surface area contributed by atoms with E-state index in [4.69, 9.17) is 4.74 Å². The average Bonchev–Trinajstić information content (AvgIpc) is 2.81. The Labute approximate surface area is 101 Å². The van der Waals surface area contributed by atoms with Gasteiger partial charge in [0.25, 0.3) is 0 Å². The molecule has 0 spiro atoms. The van der Waals surface area contributed by atoms with Gasteiger partial charge in [0.05, 0.1) is 13.2 Å². The molecule has 3 nitrogen and oxygen atoms in total. The molecule has 0 amide bonds. The average molecular weight is 240 g/mol. The van der Waals surface area contributed by atoms with Crippen molar-refractivity contribution in [2.45, 2.75) is 12.5 Å². The molecule has 1 unspecified atom stereocenters. The van der Waals surface area contributed by atoms with Crippen LogP contribution in [0.5, 0.6) is 0 Å². The highest BCUT2D eigenvalue weighted by Gasteiger charge is 2.21. The maximum Gasteiger partial charge on any atom is 0.0634 e. The number of nitrogens with one attached hydrogen (secondary N) is 1. The monoisotopic (exact) mass is 240 g/mol. The number of likely N-dealkylation sites (N-methyl/N-ethyl adjacent to an activating group) is 1. The lowest BCUT2D eigenvalue weighted by molar-refractivity contribution is -0.00547.